The van der Waals surface area contributed by atoms with Gasteiger partial charge in [-0.15, -0.1) is 0 Å². The maximum Gasteiger partial charge on any atom is 0.243 e. The molecule has 0 saturated carbocycles. The summed E-state index contributed by atoms with van der Waals surface area (Å²) in [6.07, 6.45) is 1.83. The summed E-state index contributed by atoms with van der Waals surface area (Å²) in [5.74, 6) is 0.0192. The van der Waals surface area contributed by atoms with E-state index >= 15 is 0 Å². The topological polar surface area (TPSA) is 96.0 Å². The van der Waals surface area contributed by atoms with Gasteiger partial charge in [-0.25, -0.2) is 8.42 Å². The summed E-state index contributed by atoms with van der Waals surface area (Å²) in [6, 6.07) is 23.7. The van der Waals surface area contributed by atoms with Crippen molar-refractivity contribution in [2.24, 2.45) is 0 Å². The first-order chi connectivity index (χ1) is 20.0. The first-order valence-corrected chi connectivity index (χ1v) is 16.2. The second-order valence-corrected chi connectivity index (χ2v) is 12.6. The maximum atomic E-state index is 13.9. The third kappa shape index (κ3) is 9.62. The van der Waals surface area contributed by atoms with E-state index in [1.165, 1.54) is 4.31 Å². The number of para-hydroxylation sites is 2. The average Bonchev–Trinajstić information content (AvgIpc) is 2.94. The lowest BCUT2D eigenvalue weighted by atomic mass is 10.0. The van der Waals surface area contributed by atoms with E-state index in [1.54, 1.807) is 29.2 Å². The van der Waals surface area contributed by atoms with Crippen LogP contribution in [0.3, 0.4) is 0 Å². The molecule has 0 aliphatic carbocycles. The smallest absolute Gasteiger partial charge is 0.243 e. The van der Waals surface area contributed by atoms with Crippen LogP contribution in [0.2, 0.25) is 0 Å². The Morgan fingerprint density at radius 1 is 0.905 bits per heavy atom. The molecule has 0 aromatic heterocycles. The molecule has 226 valence electrons. The number of ether oxygens (including phenoxy) is 1. The van der Waals surface area contributed by atoms with Crippen LogP contribution in [0.4, 0.5) is 5.69 Å². The number of sulfonamides is 1. The summed E-state index contributed by atoms with van der Waals surface area (Å²) >= 11 is 0. The van der Waals surface area contributed by atoms with Crippen molar-refractivity contribution in [1.29, 1.82) is 0 Å². The summed E-state index contributed by atoms with van der Waals surface area (Å²) in [4.78, 5) is 29.1. The van der Waals surface area contributed by atoms with Gasteiger partial charge < -0.3 is 15.0 Å². The zero-order chi connectivity index (χ0) is 30.7. The zero-order valence-electron chi connectivity index (χ0n) is 25.2. The van der Waals surface area contributed by atoms with Crippen molar-refractivity contribution in [3.63, 3.8) is 0 Å². The molecule has 0 aliphatic rings. The third-order valence-corrected chi connectivity index (χ3v) is 7.94. The number of carbonyl (C=O) groups is 2. The van der Waals surface area contributed by atoms with Crippen molar-refractivity contribution in [3.05, 3.63) is 95.6 Å². The minimum absolute atomic E-state index is 0.0644. The van der Waals surface area contributed by atoms with Gasteiger partial charge in [0.1, 0.15) is 11.8 Å². The van der Waals surface area contributed by atoms with Gasteiger partial charge in [-0.3, -0.25) is 13.9 Å². The number of carbonyl (C=O) groups excluding carboxylic acids is 2. The predicted octanol–water partition coefficient (Wildman–Crippen LogP) is 5.10. The summed E-state index contributed by atoms with van der Waals surface area (Å²) in [5.41, 5.74) is 3.39. The Balaban J connectivity index is 1.89. The monoisotopic (exact) mass is 593 g/mol. The van der Waals surface area contributed by atoms with Crippen molar-refractivity contribution in [2.45, 2.75) is 65.6 Å². The highest BCUT2D eigenvalue weighted by atomic mass is 32.2. The maximum absolute atomic E-state index is 13.9. The van der Waals surface area contributed by atoms with Gasteiger partial charge in [0.2, 0.25) is 21.8 Å². The summed E-state index contributed by atoms with van der Waals surface area (Å²) in [6.45, 7) is 8.36. The predicted molar refractivity (Wildman–Crippen MR) is 168 cm³/mol. The van der Waals surface area contributed by atoms with Crippen molar-refractivity contribution >= 4 is 27.5 Å². The highest BCUT2D eigenvalue weighted by molar-refractivity contribution is 7.92. The lowest BCUT2D eigenvalue weighted by Crippen LogP contribution is -2.51. The minimum Gasteiger partial charge on any atom is -0.492 e. The quantitative estimate of drug-likeness (QED) is 0.264. The van der Waals surface area contributed by atoms with E-state index in [9.17, 15) is 18.0 Å². The number of aryl methyl sites for hydroxylation is 1. The molecule has 1 atom stereocenters. The molecule has 0 spiro atoms. The van der Waals surface area contributed by atoms with Crippen LogP contribution >= 0.6 is 0 Å². The Labute approximate surface area is 250 Å². The largest absolute Gasteiger partial charge is 0.492 e. The SMILES string of the molecule is CCOc1ccccc1N(CCCC(=O)N(Cc1ccc(C)cc1)C(Cc1ccccc1)C(=O)NC(C)C)S(C)(=O)=O. The van der Waals surface area contributed by atoms with E-state index in [4.69, 9.17) is 4.74 Å². The van der Waals surface area contributed by atoms with Gasteiger partial charge in [-0.2, -0.15) is 0 Å². The van der Waals surface area contributed by atoms with Crippen molar-refractivity contribution in [2.75, 3.05) is 23.7 Å². The van der Waals surface area contributed by atoms with Gasteiger partial charge >= 0.3 is 0 Å². The van der Waals surface area contributed by atoms with Crippen LogP contribution in [0.5, 0.6) is 5.75 Å². The molecule has 3 rings (SSSR count). The van der Waals surface area contributed by atoms with Crippen molar-refractivity contribution in [1.82, 2.24) is 10.2 Å². The number of hydrogen-bond acceptors (Lipinski definition) is 5. The Morgan fingerprint density at radius 2 is 1.55 bits per heavy atom. The molecule has 2 amide bonds. The van der Waals surface area contributed by atoms with Gasteiger partial charge in [0, 0.05) is 32.0 Å². The Morgan fingerprint density at radius 3 is 2.17 bits per heavy atom. The normalized spacial score (nSPS) is 12.0. The van der Waals surface area contributed by atoms with Crippen LogP contribution in [0.25, 0.3) is 0 Å². The molecule has 0 heterocycles. The second kappa shape index (κ2) is 15.4. The molecule has 8 nitrogen and oxygen atoms in total. The first-order valence-electron chi connectivity index (χ1n) is 14.4. The molecule has 3 aromatic rings. The van der Waals surface area contributed by atoms with Crippen LogP contribution < -0.4 is 14.4 Å². The number of nitrogens with zero attached hydrogens (tertiary/aromatic N) is 2. The molecular formula is C33H43N3O5S. The first kappa shape index (κ1) is 32.7. The van der Waals surface area contributed by atoms with E-state index in [-0.39, 0.29) is 43.8 Å². The van der Waals surface area contributed by atoms with Gasteiger partial charge in [0.25, 0.3) is 0 Å². The molecule has 0 aliphatic heterocycles. The fourth-order valence-corrected chi connectivity index (χ4v) is 5.72. The Kier molecular flexibility index (Phi) is 12.0. The molecule has 3 aromatic carbocycles. The molecule has 0 radical (unpaired) electrons. The fourth-order valence-electron chi connectivity index (χ4n) is 4.75. The Hall–Kier alpha value is -3.85. The van der Waals surface area contributed by atoms with Crippen LogP contribution in [0, 0.1) is 6.92 Å². The third-order valence-electron chi connectivity index (χ3n) is 6.76. The highest BCUT2D eigenvalue weighted by Crippen LogP contribution is 2.30. The lowest BCUT2D eigenvalue weighted by Gasteiger charge is -2.32. The van der Waals surface area contributed by atoms with Gasteiger partial charge in [-0.05, 0) is 57.4 Å². The van der Waals surface area contributed by atoms with E-state index in [2.05, 4.69) is 5.32 Å². The Bertz CT molecular complexity index is 1410. The zero-order valence-corrected chi connectivity index (χ0v) is 26.1. The molecule has 1 unspecified atom stereocenters. The second-order valence-electron chi connectivity index (χ2n) is 10.7. The van der Waals surface area contributed by atoms with E-state index in [1.807, 2.05) is 82.3 Å². The van der Waals surface area contributed by atoms with Crippen molar-refractivity contribution in [3.8, 4) is 5.75 Å². The summed E-state index contributed by atoms with van der Waals surface area (Å²) in [7, 11) is -3.65. The van der Waals surface area contributed by atoms with Crippen LogP contribution in [-0.2, 0) is 32.6 Å². The minimum atomic E-state index is -3.65. The number of amides is 2. The lowest BCUT2D eigenvalue weighted by molar-refractivity contribution is -0.141. The summed E-state index contributed by atoms with van der Waals surface area (Å²) in [5, 5.41) is 2.99. The standard InChI is InChI=1S/C33H43N3O5S/c1-6-41-31-16-11-10-15-29(31)36(42(5,39)40)22-12-17-32(37)35(24-28-20-18-26(4)19-21-28)30(33(38)34-25(2)3)23-27-13-8-7-9-14-27/h7-11,13-16,18-21,25,30H,6,12,17,22-24H2,1-5H3,(H,34,38). The number of nitrogens with one attached hydrogen (secondary N) is 1. The van der Waals surface area contributed by atoms with E-state index < -0.39 is 16.1 Å². The molecule has 0 bridgehead atoms. The number of benzene rings is 3. The van der Waals surface area contributed by atoms with Crippen LogP contribution in [-0.4, -0.2) is 56.6 Å². The fraction of sp³-hybridized carbons (Fsp3) is 0.394. The van der Waals surface area contributed by atoms with Gasteiger partial charge in [0.15, 0.2) is 0 Å². The van der Waals surface area contributed by atoms with Gasteiger partial charge in [-0.1, -0.05) is 72.3 Å². The van der Waals surface area contributed by atoms with Crippen LogP contribution in [0.1, 0.15) is 50.3 Å². The molecular weight excluding hydrogens is 550 g/mol. The number of anilines is 1. The number of rotatable bonds is 15. The van der Waals surface area contributed by atoms with Crippen molar-refractivity contribution < 1.29 is 22.7 Å². The molecule has 0 saturated heterocycles. The molecule has 0 fully saturated rings. The average molecular weight is 594 g/mol. The van der Waals surface area contributed by atoms with E-state index in [0.29, 0.717) is 24.5 Å². The van der Waals surface area contributed by atoms with E-state index in [0.717, 1.165) is 22.9 Å². The van der Waals surface area contributed by atoms with Crippen LogP contribution in [0.15, 0.2) is 78.9 Å². The molecule has 9 heteroatoms. The van der Waals surface area contributed by atoms with Gasteiger partial charge in [0.05, 0.1) is 18.6 Å². The highest BCUT2D eigenvalue weighted by Gasteiger charge is 2.31. The molecule has 1 N–H and O–H groups in total. The summed E-state index contributed by atoms with van der Waals surface area (Å²) < 4.78 is 32.5. The number of hydrogen-bond donors (Lipinski definition) is 1. The molecule has 42 heavy (non-hydrogen) atoms.